The average Bonchev–Trinajstić information content (AvgIpc) is 2.87. The van der Waals surface area contributed by atoms with E-state index >= 15 is 0 Å². The summed E-state index contributed by atoms with van der Waals surface area (Å²) in [5, 5.41) is 0. The minimum atomic E-state index is 0.145. The Morgan fingerprint density at radius 1 is 1.30 bits per heavy atom. The van der Waals surface area contributed by atoms with Crippen molar-refractivity contribution in [1.29, 1.82) is 0 Å². The SMILES string of the molecule is COc1cccc(CN2CCOc3ccc(CCC(=O)N(C)C)cc3C2)n1. The van der Waals surface area contributed by atoms with E-state index in [0.29, 0.717) is 18.9 Å². The summed E-state index contributed by atoms with van der Waals surface area (Å²) in [5.74, 6) is 1.71. The van der Waals surface area contributed by atoms with Crippen LogP contribution in [-0.2, 0) is 24.3 Å². The zero-order valence-electron chi connectivity index (χ0n) is 16.3. The average molecular weight is 369 g/mol. The number of amides is 1. The second kappa shape index (κ2) is 8.86. The number of aryl methyl sites for hydroxylation is 1. The highest BCUT2D eigenvalue weighted by atomic mass is 16.5. The van der Waals surface area contributed by atoms with Gasteiger partial charge in [-0.15, -0.1) is 0 Å². The van der Waals surface area contributed by atoms with Crippen LogP contribution in [-0.4, -0.2) is 55.0 Å². The number of benzene rings is 1. The Morgan fingerprint density at radius 3 is 2.93 bits per heavy atom. The van der Waals surface area contributed by atoms with Crippen LogP contribution in [0.15, 0.2) is 36.4 Å². The van der Waals surface area contributed by atoms with E-state index in [0.717, 1.165) is 48.6 Å². The highest BCUT2D eigenvalue weighted by Gasteiger charge is 2.17. The fourth-order valence-corrected chi connectivity index (χ4v) is 3.16. The molecule has 0 fully saturated rings. The number of hydrogen-bond acceptors (Lipinski definition) is 5. The first-order chi connectivity index (χ1) is 13.0. The standard InChI is InChI=1S/C21H27N3O3/c1-23(2)21(25)10-8-16-7-9-19-17(13-16)14-24(11-12-27-19)15-18-5-4-6-20(22-18)26-3/h4-7,9,13H,8,10-12,14-15H2,1-3H3. The van der Waals surface area contributed by atoms with Crippen molar-refractivity contribution in [2.24, 2.45) is 0 Å². The van der Waals surface area contributed by atoms with Crippen molar-refractivity contribution in [3.63, 3.8) is 0 Å². The van der Waals surface area contributed by atoms with Gasteiger partial charge in [-0.2, -0.15) is 0 Å². The molecule has 144 valence electrons. The largest absolute Gasteiger partial charge is 0.492 e. The summed E-state index contributed by atoms with van der Waals surface area (Å²) in [5.41, 5.74) is 3.30. The molecular weight excluding hydrogens is 342 g/mol. The predicted molar refractivity (Wildman–Crippen MR) is 104 cm³/mol. The van der Waals surface area contributed by atoms with Crippen molar-refractivity contribution >= 4 is 5.91 Å². The molecule has 1 aliphatic heterocycles. The highest BCUT2D eigenvalue weighted by Crippen LogP contribution is 2.26. The van der Waals surface area contributed by atoms with Crippen LogP contribution in [0.5, 0.6) is 11.6 Å². The Kier molecular flexibility index (Phi) is 6.29. The summed E-state index contributed by atoms with van der Waals surface area (Å²) in [6.45, 7) is 3.02. The smallest absolute Gasteiger partial charge is 0.222 e. The van der Waals surface area contributed by atoms with Crippen LogP contribution >= 0.6 is 0 Å². The minimum absolute atomic E-state index is 0.145. The Balaban J connectivity index is 1.69. The lowest BCUT2D eigenvalue weighted by Crippen LogP contribution is -2.25. The van der Waals surface area contributed by atoms with Crippen LogP contribution in [0.3, 0.4) is 0 Å². The fourth-order valence-electron chi connectivity index (χ4n) is 3.16. The lowest BCUT2D eigenvalue weighted by atomic mass is 10.0. The minimum Gasteiger partial charge on any atom is -0.492 e. The molecule has 27 heavy (non-hydrogen) atoms. The topological polar surface area (TPSA) is 54.9 Å². The molecular formula is C21H27N3O3. The zero-order chi connectivity index (χ0) is 19.2. The normalized spacial score (nSPS) is 14.0. The van der Waals surface area contributed by atoms with Gasteiger partial charge in [-0.25, -0.2) is 4.98 Å². The summed E-state index contributed by atoms with van der Waals surface area (Å²) in [4.78, 5) is 20.3. The first-order valence-corrected chi connectivity index (χ1v) is 9.22. The zero-order valence-corrected chi connectivity index (χ0v) is 16.3. The number of nitrogens with zero attached hydrogens (tertiary/aromatic N) is 3. The van der Waals surface area contributed by atoms with Crippen molar-refractivity contribution in [3.05, 3.63) is 53.2 Å². The third-order valence-electron chi connectivity index (χ3n) is 4.69. The molecule has 2 aromatic rings. The number of pyridine rings is 1. The summed E-state index contributed by atoms with van der Waals surface area (Å²) >= 11 is 0. The first-order valence-electron chi connectivity index (χ1n) is 9.22. The van der Waals surface area contributed by atoms with Gasteiger partial charge >= 0.3 is 0 Å². The second-order valence-electron chi connectivity index (χ2n) is 6.96. The van der Waals surface area contributed by atoms with Crippen molar-refractivity contribution < 1.29 is 14.3 Å². The van der Waals surface area contributed by atoms with Gasteiger partial charge in [0.1, 0.15) is 12.4 Å². The maximum atomic E-state index is 11.8. The van der Waals surface area contributed by atoms with Crippen LogP contribution in [0.4, 0.5) is 0 Å². The van der Waals surface area contributed by atoms with Gasteiger partial charge in [0.15, 0.2) is 0 Å². The van der Waals surface area contributed by atoms with Gasteiger partial charge in [-0.1, -0.05) is 18.2 Å². The summed E-state index contributed by atoms with van der Waals surface area (Å²) in [6, 6.07) is 12.1. The van der Waals surface area contributed by atoms with Crippen LogP contribution in [0, 0.1) is 0 Å². The van der Waals surface area contributed by atoms with E-state index in [4.69, 9.17) is 9.47 Å². The van der Waals surface area contributed by atoms with Crippen LogP contribution in [0.2, 0.25) is 0 Å². The number of rotatable bonds is 6. The van der Waals surface area contributed by atoms with E-state index in [1.807, 2.05) is 24.3 Å². The molecule has 0 radical (unpaired) electrons. The monoisotopic (exact) mass is 369 g/mol. The van der Waals surface area contributed by atoms with Crippen molar-refractivity contribution in [1.82, 2.24) is 14.8 Å². The van der Waals surface area contributed by atoms with Crippen LogP contribution in [0.1, 0.15) is 23.2 Å². The Morgan fingerprint density at radius 2 is 2.15 bits per heavy atom. The van der Waals surface area contributed by atoms with E-state index in [9.17, 15) is 4.79 Å². The molecule has 0 bridgehead atoms. The molecule has 0 unspecified atom stereocenters. The van der Waals surface area contributed by atoms with Crippen LogP contribution in [0.25, 0.3) is 0 Å². The fraction of sp³-hybridized carbons (Fsp3) is 0.429. The number of ether oxygens (including phenoxy) is 2. The van der Waals surface area contributed by atoms with Crippen molar-refractivity contribution in [3.8, 4) is 11.6 Å². The van der Waals surface area contributed by atoms with E-state index in [-0.39, 0.29) is 5.91 Å². The lowest BCUT2D eigenvalue weighted by Gasteiger charge is -2.19. The molecule has 0 aliphatic carbocycles. The van der Waals surface area contributed by atoms with Crippen molar-refractivity contribution in [2.75, 3.05) is 34.4 Å². The molecule has 0 N–H and O–H groups in total. The van der Waals surface area contributed by atoms with E-state index in [1.54, 1.807) is 26.1 Å². The molecule has 1 amide bonds. The molecule has 6 nitrogen and oxygen atoms in total. The third kappa shape index (κ3) is 5.20. The Labute approximate surface area is 160 Å². The predicted octanol–water partition coefficient (Wildman–Crippen LogP) is 2.51. The second-order valence-corrected chi connectivity index (χ2v) is 6.96. The van der Waals surface area contributed by atoms with E-state index in [1.165, 1.54) is 0 Å². The molecule has 1 aromatic carbocycles. The van der Waals surface area contributed by atoms with E-state index in [2.05, 4.69) is 22.0 Å². The molecule has 0 atom stereocenters. The Bertz CT molecular complexity index is 792. The number of carbonyl (C=O) groups excluding carboxylic acids is 1. The maximum absolute atomic E-state index is 11.8. The molecule has 0 saturated carbocycles. The third-order valence-corrected chi connectivity index (χ3v) is 4.69. The number of aromatic nitrogens is 1. The van der Waals surface area contributed by atoms with Gasteiger partial charge in [-0.05, 0) is 24.1 Å². The number of hydrogen-bond donors (Lipinski definition) is 0. The molecule has 3 rings (SSSR count). The van der Waals surface area contributed by atoms with Crippen molar-refractivity contribution in [2.45, 2.75) is 25.9 Å². The summed E-state index contributed by atoms with van der Waals surface area (Å²) < 4.78 is 11.1. The van der Waals surface area contributed by atoms with Gasteiger partial charge < -0.3 is 14.4 Å². The lowest BCUT2D eigenvalue weighted by molar-refractivity contribution is -0.128. The van der Waals surface area contributed by atoms with Gasteiger partial charge in [0.2, 0.25) is 11.8 Å². The summed E-state index contributed by atoms with van der Waals surface area (Å²) in [7, 11) is 5.21. The van der Waals surface area contributed by atoms with Gasteiger partial charge in [-0.3, -0.25) is 9.69 Å². The highest BCUT2D eigenvalue weighted by molar-refractivity contribution is 5.75. The molecule has 2 heterocycles. The molecule has 6 heteroatoms. The first kappa shape index (κ1) is 19.2. The number of methoxy groups -OCH3 is 1. The van der Waals surface area contributed by atoms with Crippen LogP contribution < -0.4 is 9.47 Å². The van der Waals surface area contributed by atoms with E-state index < -0.39 is 0 Å². The Hall–Kier alpha value is -2.60. The summed E-state index contributed by atoms with van der Waals surface area (Å²) in [6.07, 6.45) is 1.26. The molecule has 1 aliphatic rings. The quantitative estimate of drug-likeness (QED) is 0.783. The molecule has 0 spiro atoms. The number of fused-ring (bicyclic) bond motifs is 1. The van der Waals surface area contributed by atoms with Gasteiger partial charge in [0, 0.05) is 51.8 Å². The molecule has 1 aromatic heterocycles. The number of carbonyl (C=O) groups is 1. The van der Waals surface area contributed by atoms with Gasteiger partial charge in [0.05, 0.1) is 12.8 Å². The van der Waals surface area contributed by atoms with Gasteiger partial charge in [0.25, 0.3) is 0 Å². The molecule has 0 saturated heterocycles. The maximum Gasteiger partial charge on any atom is 0.222 e.